The van der Waals surface area contributed by atoms with Gasteiger partial charge in [-0.15, -0.1) is 0 Å². The van der Waals surface area contributed by atoms with Crippen LogP contribution in [0, 0.1) is 0 Å². The maximum atomic E-state index is 12.6. The molecule has 0 radical (unpaired) electrons. The summed E-state index contributed by atoms with van der Waals surface area (Å²) in [6.45, 7) is -1.57. The van der Waals surface area contributed by atoms with Gasteiger partial charge in [-0.1, -0.05) is 6.07 Å². The van der Waals surface area contributed by atoms with Crippen molar-refractivity contribution in [1.82, 2.24) is 5.32 Å². The van der Waals surface area contributed by atoms with Crippen LogP contribution in [0.2, 0.25) is 0 Å². The molecular formula is C12H15F2NO4. The molecule has 0 spiro atoms. The third-order valence-corrected chi connectivity index (χ3v) is 2.24. The normalized spacial score (nSPS) is 11.3. The number of halogens is 2. The molecule has 0 heterocycles. The molecule has 0 aliphatic rings. The van der Waals surface area contributed by atoms with Crippen molar-refractivity contribution < 1.29 is 28.5 Å². The van der Waals surface area contributed by atoms with Crippen molar-refractivity contribution in [3.05, 3.63) is 29.8 Å². The van der Waals surface area contributed by atoms with Crippen LogP contribution in [0.25, 0.3) is 0 Å². The Labute approximate surface area is 108 Å². The minimum atomic E-state index is -3.15. The fourth-order valence-corrected chi connectivity index (χ4v) is 1.29. The molecule has 0 amide bonds. The largest absolute Gasteiger partial charge is 0.492 e. The van der Waals surface area contributed by atoms with Gasteiger partial charge in [0.2, 0.25) is 0 Å². The molecule has 1 aromatic rings. The van der Waals surface area contributed by atoms with Crippen LogP contribution in [0.5, 0.6) is 5.75 Å². The SMILES string of the molecule is O=C(O)c1cccc(OCCNCC(F)(F)CO)c1. The Bertz CT molecular complexity index is 426. The van der Waals surface area contributed by atoms with Crippen molar-refractivity contribution in [1.29, 1.82) is 0 Å². The Balaban J connectivity index is 2.30. The van der Waals surface area contributed by atoms with Crippen LogP contribution in [0.1, 0.15) is 10.4 Å². The predicted octanol–water partition coefficient (Wildman–Crippen LogP) is 0.981. The Morgan fingerprint density at radius 1 is 1.42 bits per heavy atom. The zero-order valence-corrected chi connectivity index (χ0v) is 10.1. The molecule has 1 rings (SSSR count). The second-order valence-electron chi connectivity index (χ2n) is 3.87. The first-order valence-electron chi connectivity index (χ1n) is 5.60. The van der Waals surface area contributed by atoms with E-state index in [1.54, 1.807) is 6.07 Å². The molecule has 0 aromatic heterocycles. The lowest BCUT2D eigenvalue weighted by molar-refractivity contribution is -0.0477. The Kier molecular flexibility index (Phi) is 5.65. The lowest BCUT2D eigenvalue weighted by Crippen LogP contribution is -2.37. The molecule has 0 aliphatic carbocycles. The molecule has 0 aliphatic heterocycles. The summed E-state index contributed by atoms with van der Waals surface area (Å²) < 4.78 is 30.5. The van der Waals surface area contributed by atoms with E-state index in [9.17, 15) is 13.6 Å². The monoisotopic (exact) mass is 275 g/mol. The van der Waals surface area contributed by atoms with E-state index in [1.165, 1.54) is 18.2 Å². The minimum absolute atomic E-state index is 0.0947. The highest BCUT2D eigenvalue weighted by Crippen LogP contribution is 2.13. The van der Waals surface area contributed by atoms with E-state index in [1.807, 2.05) is 0 Å². The van der Waals surface area contributed by atoms with Gasteiger partial charge in [0.1, 0.15) is 19.0 Å². The standard InChI is InChI=1S/C12H15F2NO4/c13-12(14,8-16)7-15-4-5-19-10-3-1-2-9(6-10)11(17)18/h1-3,6,15-16H,4-5,7-8H2,(H,17,18). The number of alkyl halides is 2. The molecule has 0 saturated heterocycles. The molecular weight excluding hydrogens is 260 g/mol. The summed E-state index contributed by atoms with van der Waals surface area (Å²) in [5.41, 5.74) is 0.0947. The fourth-order valence-electron chi connectivity index (χ4n) is 1.29. The molecule has 0 unspecified atom stereocenters. The fraction of sp³-hybridized carbons (Fsp3) is 0.417. The van der Waals surface area contributed by atoms with Gasteiger partial charge in [-0.3, -0.25) is 0 Å². The van der Waals surface area contributed by atoms with Gasteiger partial charge in [0.05, 0.1) is 12.1 Å². The van der Waals surface area contributed by atoms with E-state index in [2.05, 4.69) is 5.32 Å². The molecule has 5 nitrogen and oxygen atoms in total. The summed E-state index contributed by atoms with van der Waals surface area (Å²) in [4.78, 5) is 10.7. The van der Waals surface area contributed by atoms with E-state index in [4.69, 9.17) is 14.9 Å². The first-order chi connectivity index (χ1) is 8.94. The van der Waals surface area contributed by atoms with Crippen LogP contribution in [-0.4, -0.2) is 48.4 Å². The van der Waals surface area contributed by atoms with Gasteiger partial charge in [0, 0.05) is 6.54 Å². The van der Waals surface area contributed by atoms with Crippen LogP contribution in [0.3, 0.4) is 0 Å². The van der Waals surface area contributed by atoms with Gasteiger partial charge in [-0.25, -0.2) is 13.6 Å². The molecule has 3 N–H and O–H groups in total. The van der Waals surface area contributed by atoms with E-state index in [0.29, 0.717) is 5.75 Å². The molecule has 0 bridgehead atoms. The number of ether oxygens (including phenoxy) is 1. The summed E-state index contributed by atoms with van der Waals surface area (Å²) in [6.07, 6.45) is 0. The number of rotatable bonds is 8. The molecule has 0 atom stereocenters. The summed E-state index contributed by atoms with van der Waals surface area (Å²) in [6, 6.07) is 5.89. The van der Waals surface area contributed by atoms with Gasteiger partial charge in [0.25, 0.3) is 5.92 Å². The number of nitrogens with one attached hydrogen (secondary N) is 1. The second kappa shape index (κ2) is 7.01. The molecule has 19 heavy (non-hydrogen) atoms. The minimum Gasteiger partial charge on any atom is -0.492 e. The van der Waals surface area contributed by atoms with Crippen LogP contribution in [-0.2, 0) is 0 Å². The van der Waals surface area contributed by atoms with Gasteiger partial charge in [0.15, 0.2) is 0 Å². The second-order valence-corrected chi connectivity index (χ2v) is 3.87. The van der Waals surface area contributed by atoms with E-state index in [0.717, 1.165) is 0 Å². The van der Waals surface area contributed by atoms with E-state index >= 15 is 0 Å². The number of hydrogen-bond donors (Lipinski definition) is 3. The quantitative estimate of drug-likeness (QED) is 0.616. The van der Waals surface area contributed by atoms with Crippen LogP contribution >= 0.6 is 0 Å². The summed E-state index contributed by atoms with van der Waals surface area (Å²) in [5, 5.41) is 19.5. The number of aromatic carboxylic acids is 1. The molecule has 0 saturated carbocycles. The first-order valence-corrected chi connectivity index (χ1v) is 5.60. The number of carbonyl (C=O) groups is 1. The third kappa shape index (κ3) is 5.62. The highest BCUT2D eigenvalue weighted by atomic mass is 19.3. The van der Waals surface area contributed by atoms with Gasteiger partial charge in [-0.2, -0.15) is 0 Å². The molecule has 7 heteroatoms. The topological polar surface area (TPSA) is 78.8 Å². The van der Waals surface area contributed by atoms with Gasteiger partial charge >= 0.3 is 5.97 Å². The summed E-state index contributed by atoms with van der Waals surface area (Å²) in [7, 11) is 0. The number of carboxylic acids is 1. The van der Waals surface area contributed by atoms with Crippen molar-refractivity contribution in [2.45, 2.75) is 5.92 Å². The zero-order valence-electron chi connectivity index (χ0n) is 10.1. The Morgan fingerprint density at radius 2 is 2.16 bits per heavy atom. The van der Waals surface area contributed by atoms with Crippen molar-refractivity contribution in [3.8, 4) is 5.75 Å². The van der Waals surface area contributed by atoms with Crippen molar-refractivity contribution in [3.63, 3.8) is 0 Å². The Hall–Kier alpha value is -1.73. The van der Waals surface area contributed by atoms with Crippen molar-refractivity contribution in [2.75, 3.05) is 26.3 Å². The predicted molar refractivity (Wildman–Crippen MR) is 63.8 cm³/mol. The number of benzene rings is 1. The average Bonchev–Trinajstić information content (AvgIpc) is 2.38. The summed E-state index contributed by atoms with van der Waals surface area (Å²) in [5.74, 6) is -3.86. The first kappa shape index (κ1) is 15.3. The summed E-state index contributed by atoms with van der Waals surface area (Å²) >= 11 is 0. The van der Waals surface area contributed by atoms with Crippen molar-refractivity contribution >= 4 is 5.97 Å². The number of aliphatic hydroxyl groups excluding tert-OH is 1. The maximum Gasteiger partial charge on any atom is 0.335 e. The number of hydrogen-bond acceptors (Lipinski definition) is 4. The number of carboxylic acid groups (broad SMARTS) is 1. The van der Waals surface area contributed by atoms with Crippen LogP contribution < -0.4 is 10.1 Å². The average molecular weight is 275 g/mol. The highest BCUT2D eigenvalue weighted by Gasteiger charge is 2.26. The lowest BCUT2D eigenvalue weighted by atomic mass is 10.2. The molecule has 1 aromatic carbocycles. The maximum absolute atomic E-state index is 12.6. The smallest absolute Gasteiger partial charge is 0.335 e. The molecule has 0 fully saturated rings. The number of aliphatic hydroxyl groups is 1. The van der Waals surface area contributed by atoms with Crippen LogP contribution in [0.4, 0.5) is 8.78 Å². The van der Waals surface area contributed by atoms with Crippen LogP contribution in [0.15, 0.2) is 24.3 Å². The van der Waals surface area contributed by atoms with Gasteiger partial charge < -0.3 is 20.3 Å². The van der Waals surface area contributed by atoms with Crippen molar-refractivity contribution in [2.24, 2.45) is 0 Å². The lowest BCUT2D eigenvalue weighted by Gasteiger charge is -2.14. The Morgan fingerprint density at radius 3 is 2.79 bits per heavy atom. The van der Waals surface area contributed by atoms with Gasteiger partial charge in [-0.05, 0) is 18.2 Å². The molecule has 106 valence electrons. The van der Waals surface area contributed by atoms with E-state index in [-0.39, 0.29) is 18.7 Å². The zero-order chi connectivity index (χ0) is 14.3. The highest BCUT2D eigenvalue weighted by molar-refractivity contribution is 5.87. The van der Waals surface area contributed by atoms with E-state index < -0.39 is 25.0 Å². The third-order valence-electron chi connectivity index (χ3n) is 2.24.